The normalized spacial score (nSPS) is 30.3. The number of benzene rings is 1. The summed E-state index contributed by atoms with van der Waals surface area (Å²) in [5, 5.41) is 3.56. The zero-order valence-electron chi connectivity index (χ0n) is 25.2. The van der Waals surface area contributed by atoms with Gasteiger partial charge in [-0.2, -0.15) is 23.1 Å². The maximum atomic E-state index is 14.6. The van der Waals surface area contributed by atoms with E-state index in [-0.39, 0.29) is 69.1 Å². The molecule has 5 aliphatic rings. The first-order chi connectivity index (χ1) is 21.8. The molecule has 3 aromatic rings. The van der Waals surface area contributed by atoms with Crippen molar-refractivity contribution in [2.24, 2.45) is 0 Å². The van der Waals surface area contributed by atoms with E-state index in [1.165, 1.54) is 13.0 Å². The highest BCUT2D eigenvalue weighted by Crippen LogP contribution is 2.51. The second-order valence-electron chi connectivity index (χ2n) is 13.4. The third kappa shape index (κ3) is 4.59. The van der Waals surface area contributed by atoms with E-state index in [2.05, 4.69) is 25.1 Å². The van der Waals surface area contributed by atoms with Crippen LogP contribution in [0.3, 0.4) is 0 Å². The van der Waals surface area contributed by atoms with E-state index >= 15 is 0 Å². The number of fused-ring (bicyclic) bond motifs is 6. The largest absolute Gasteiger partial charge is 0.472 e. The maximum Gasteiger partial charge on any atom is 0.417 e. The van der Waals surface area contributed by atoms with Gasteiger partial charge in [0.25, 0.3) is 0 Å². The van der Waals surface area contributed by atoms with Gasteiger partial charge in [0.1, 0.15) is 35.6 Å². The van der Waals surface area contributed by atoms with E-state index in [4.69, 9.17) is 43.4 Å². The second-order valence-corrected chi connectivity index (χ2v) is 14.1. The van der Waals surface area contributed by atoms with Gasteiger partial charge in [0.15, 0.2) is 0 Å². The van der Waals surface area contributed by atoms with Crippen molar-refractivity contribution in [3.8, 4) is 23.1 Å². The van der Waals surface area contributed by atoms with Gasteiger partial charge in [-0.15, -0.1) is 0 Å². The van der Waals surface area contributed by atoms with Crippen molar-refractivity contribution in [3.05, 3.63) is 27.2 Å². The fraction of sp³-hybridized carbons (Fsp3) is 0.581. The van der Waals surface area contributed by atoms with Crippen molar-refractivity contribution >= 4 is 45.6 Å². The monoisotopic (exact) mass is 681 g/mol. The molecule has 0 saturated carbocycles. The zero-order valence-corrected chi connectivity index (χ0v) is 26.7. The number of hydrogen-bond acceptors (Lipinski definition) is 9. The average molecular weight is 683 g/mol. The van der Waals surface area contributed by atoms with Gasteiger partial charge in [0, 0.05) is 37.2 Å². The van der Waals surface area contributed by atoms with Gasteiger partial charge in [-0.25, -0.2) is 9.37 Å². The van der Waals surface area contributed by atoms with Crippen LogP contribution in [0.4, 0.5) is 29.1 Å². The Labute approximate surface area is 272 Å². The number of rotatable bonds is 4. The average Bonchev–Trinajstić information content (AvgIpc) is 3.62. The molecule has 15 heteroatoms. The van der Waals surface area contributed by atoms with Crippen molar-refractivity contribution in [3.63, 3.8) is 0 Å². The molecule has 4 saturated heterocycles. The minimum atomic E-state index is -4.79. The molecule has 0 radical (unpaired) electrons. The lowest BCUT2D eigenvalue weighted by molar-refractivity contribution is -0.137. The number of anilines is 2. The number of nitrogen functional groups attached to an aromatic ring is 1. The minimum absolute atomic E-state index is 0.00103. The summed E-state index contributed by atoms with van der Waals surface area (Å²) in [7, 11) is 0. The molecule has 8 rings (SSSR count). The number of nitrogens with one attached hydrogen (secondary N) is 1. The third-order valence-electron chi connectivity index (χ3n) is 10.5. The number of hydrogen-bond donors (Lipinski definition) is 2. The number of alkyl halides is 4. The van der Waals surface area contributed by atoms with Gasteiger partial charge in [-0.3, -0.25) is 4.90 Å². The van der Waals surface area contributed by atoms with E-state index in [0.717, 1.165) is 32.2 Å². The molecule has 0 unspecified atom stereocenters. The van der Waals surface area contributed by atoms with Gasteiger partial charge in [0.05, 0.1) is 38.6 Å². The lowest BCUT2D eigenvalue weighted by Gasteiger charge is -2.42. The molecule has 9 nitrogen and oxygen atoms in total. The van der Waals surface area contributed by atoms with E-state index in [1.807, 2.05) is 6.92 Å². The molecule has 4 fully saturated rings. The van der Waals surface area contributed by atoms with Crippen molar-refractivity contribution in [1.29, 1.82) is 0 Å². The van der Waals surface area contributed by atoms with Crippen LogP contribution in [0.2, 0.25) is 10.0 Å². The van der Waals surface area contributed by atoms with Crippen molar-refractivity contribution in [1.82, 2.24) is 25.2 Å². The van der Waals surface area contributed by atoms with Gasteiger partial charge in [-0.1, -0.05) is 23.2 Å². The fourth-order valence-corrected chi connectivity index (χ4v) is 9.09. The molecule has 246 valence electrons. The molecular weight excluding hydrogens is 649 g/mol. The number of pyridine rings is 1. The van der Waals surface area contributed by atoms with E-state index in [9.17, 15) is 17.6 Å². The molecular formula is C31H33Cl2F4N7O2. The standard InChI is InChI=1S/C31H33Cl2F4N7O2/c1-13-8-17(38)22(32)19(21(13)31(35,36)37)24-23(33)25-20-27(42-29(41-25)45-12-30-6-3-7-43(30)10-15(34)9-30)44-11-16-4-5-18(39-16)26(44)14(2)46-28(20)40-24/h8,14-16,18,26,39H,3-7,9-12,38H2,1-2H3/t14-,15+,16+,18-,26+,30-/m0/s1. The minimum Gasteiger partial charge on any atom is -0.472 e. The summed E-state index contributed by atoms with van der Waals surface area (Å²) in [5.74, 6) is 0.541. The first-order valence-electron chi connectivity index (χ1n) is 15.6. The van der Waals surface area contributed by atoms with Crippen LogP contribution in [0.1, 0.15) is 50.2 Å². The summed E-state index contributed by atoms with van der Waals surface area (Å²) in [5.41, 5.74) is 3.87. The first kappa shape index (κ1) is 30.5. The smallest absolute Gasteiger partial charge is 0.417 e. The van der Waals surface area contributed by atoms with Crippen molar-refractivity contribution < 1.29 is 27.0 Å². The molecule has 2 aromatic heterocycles. The van der Waals surface area contributed by atoms with E-state index < -0.39 is 35.1 Å². The zero-order chi connectivity index (χ0) is 32.3. The highest BCUT2D eigenvalue weighted by atomic mass is 35.5. The summed E-state index contributed by atoms with van der Waals surface area (Å²) < 4.78 is 71.0. The summed E-state index contributed by atoms with van der Waals surface area (Å²) in [4.78, 5) is 18.5. The Hall–Kier alpha value is -2.87. The fourth-order valence-electron chi connectivity index (χ4n) is 8.58. The number of aromatic nitrogens is 3. The molecule has 5 aliphatic heterocycles. The Morgan fingerprint density at radius 1 is 1.17 bits per heavy atom. The number of ether oxygens (including phenoxy) is 2. The molecule has 6 atom stereocenters. The number of nitrogens with zero attached hydrogens (tertiary/aromatic N) is 5. The van der Waals surface area contributed by atoms with Gasteiger partial charge < -0.3 is 25.4 Å². The molecule has 2 bridgehead atoms. The summed E-state index contributed by atoms with van der Waals surface area (Å²) in [6.45, 7) is 5.17. The van der Waals surface area contributed by atoms with Crippen LogP contribution in [0.15, 0.2) is 6.07 Å². The SMILES string of the molecule is Cc1cc(N)c(Cl)c(-c2nc3c4c(nc(OC[C@@]56CCCN5C[C@H](F)C6)nc4c2Cl)N2C[C@H]4CC[C@H](N4)[C@H]2[C@H](C)O3)c1C(F)(F)F. The summed E-state index contributed by atoms with van der Waals surface area (Å²) in [6.07, 6.45) is -2.16. The molecule has 0 amide bonds. The van der Waals surface area contributed by atoms with Gasteiger partial charge >= 0.3 is 12.2 Å². The molecule has 0 spiro atoms. The second kappa shape index (κ2) is 10.6. The number of piperazine rings is 1. The number of aryl methyl sites for hydroxylation is 1. The van der Waals surface area contributed by atoms with Crippen LogP contribution < -0.4 is 25.4 Å². The number of halogens is 6. The van der Waals surface area contributed by atoms with Crippen molar-refractivity contribution in [2.75, 3.05) is 36.9 Å². The third-order valence-corrected chi connectivity index (χ3v) is 11.2. The molecule has 0 aliphatic carbocycles. The van der Waals surface area contributed by atoms with Crippen LogP contribution in [0, 0.1) is 6.92 Å². The predicted molar refractivity (Wildman–Crippen MR) is 167 cm³/mol. The quantitative estimate of drug-likeness (QED) is 0.255. The Balaban J connectivity index is 1.34. The Bertz CT molecular complexity index is 1760. The molecule has 1 aromatic carbocycles. The van der Waals surface area contributed by atoms with Crippen LogP contribution in [-0.2, 0) is 6.18 Å². The lowest BCUT2D eigenvalue weighted by Crippen LogP contribution is -2.62. The first-order valence-corrected chi connectivity index (χ1v) is 16.4. The Morgan fingerprint density at radius 2 is 1.98 bits per heavy atom. The number of nitrogens with two attached hydrogens (primary N) is 1. The predicted octanol–water partition coefficient (Wildman–Crippen LogP) is 5.95. The van der Waals surface area contributed by atoms with Crippen LogP contribution in [-0.4, -0.2) is 82.0 Å². The van der Waals surface area contributed by atoms with E-state index in [0.29, 0.717) is 30.7 Å². The summed E-state index contributed by atoms with van der Waals surface area (Å²) >= 11 is 13.5. The molecule has 46 heavy (non-hydrogen) atoms. The Kier molecular flexibility index (Phi) is 7.00. The van der Waals surface area contributed by atoms with Gasteiger partial charge in [0.2, 0.25) is 5.88 Å². The van der Waals surface area contributed by atoms with E-state index in [1.54, 1.807) is 0 Å². The summed E-state index contributed by atoms with van der Waals surface area (Å²) in [6, 6.07) is 1.35. The van der Waals surface area contributed by atoms with Gasteiger partial charge in [-0.05, 0) is 57.7 Å². The van der Waals surface area contributed by atoms with Crippen LogP contribution in [0.25, 0.3) is 22.2 Å². The topological polar surface area (TPSA) is 102 Å². The lowest BCUT2D eigenvalue weighted by atomic mass is 9.95. The molecule has 7 heterocycles. The van der Waals surface area contributed by atoms with Crippen LogP contribution in [0.5, 0.6) is 11.9 Å². The maximum absolute atomic E-state index is 14.6. The molecule has 3 N–H and O–H groups in total. The highest BCUT2D eigenvalue weighted by Gasteiger charge is 2.50. The highest BCUT2D eigenvalue weighted by molar-refractivity contribution is 6.40. The van der Waals surface area contributed by atoms with Crippen LogP contribution >= 0.6 is 23.2 Å². The Morgan fingerprint density at radius 3 is 2.76 bits per heavy atom. The van der Waals surface area contributed by atoms with Crippen molar-refractivity contribution in [2.45, 2.75) is 88.1 Å².